The summed E-state index contributed by atoms with van der Waals surface area (Å²) in [6.07, 6.45) is 2.90. The average molecular weight is 1190 g/mol. The number of sulfonamides is 1. The number of nitrogens with zero attached hydrogens (tertiary/aromatic N) is 1. The van der Waals surface area contributed by atoms with Gasteiger partial charge in [-0.25, -0.2) is 36.0 Å². The standard InChI is InChI=1S/C27H24N2O6S.C26H22N2O4.C10H15N3O2S.CH4/c1-36(33,34)25-21(20-12-6-7-13-23(20)28-25)14-24(26(30)31)29-27(32)35-15-22-18-10-4-2-8-16(18)17-9-3-5-11-19(17)22;29-25(30)24(13-16-14-27-23-12-6-5-7-17(16)23)28-26(31)32-15-22-20-10-3-1-8-18(20)19-9-2-4-11-21(19)22;1-16(14,15)13-10(11)12-8-7-9-5-3-2-4-6-9;/h2-13,22,24,28H,14-15H2,1H3,(H,29,32)(H,30,31);1-12,14,22,24,27H,13,15H2,(H,28,31)(H,29,30);2-6H,7-8H2,1H3,(H3,11,12,13);1H4. The van der Waals surface area contributed by atoms with Crippen LogP contribution in [0.3, 0.4) is 0 Å². The Morgan fingerprint density at radius 2 is 1.00 bits per heavy atom. The molecule has 21 heteroatoms. The highest BCUT2D eigenvalue weighted by Gasteiger charge is 2.33. The summed E-state index contributed by atoms with van der Waals surface area (Å²) in [7, 11) is -6.99. The first-order chi connectivity index (χ1) is 40.3. The van der Waals surface area contributed by atoms with E-state index in [0.717, 1.165) is 85.5 Å². The molecular formula is C64H65N7O12S2. The number of carboxylic acid groups (broad SMARTS) is 2. The predicted octanol–water partition coefficient (Wildman–Crippen LogP) is 9.54. The monoisotopic (exact) mass is 1190 g/mol. The van der Waals surface area contributed by atoms with Gasteiger partial charge in [0.05, 0.1) is 6.26 Å². The normalized spacial score (nSPS) is 13.2. The van der Waals surface area contributed by atoms with Crippen molar-refractivity contribution in [2.45, 2.75) is 55.6 Å². The van der Waals surface area contributed by atoms with Crippen molar-refractivity contribution in [3.63, 3.8) is 0 Å². The predicted molar refractivity (Wildman–Crippen MR) is 328 cm³/mol. The Hall–Kier alpha value is -9.73. The Bertz CT molecular complexity index is 4060. The Balaban J connectivity index is 0.000000177. The first-order valence-electron chi connectivity index (χ1n) is 26.7. The van der Waals surface area contributed by atoms with Crippen LogP contribution in [0.5, 0.6) is 0 Å². The van der Waals surface area contributed by atoms with E-state index < -0.39 is 56.1 Å². The van der Waals surface area contributed by atoms with Gasteiger partial charge in [0.1, 0.15) is 30.3 Å². The van der Waals surface area contributed by atoms with Crippen LogP contribution >= 0.6 is 0 Å². The number of ether oxygens (including phenoxy) is 2. The number of carbonyl (C=O) groups excluding carboxylic acids is 2. The minimum absolute atomic E-state index is 0. The lowest BCUT2D eigenvalue weighted by molar-refractivity contribution is -0.140. The number of benzene rings is 7. The van der Waals surface area contributed by atoms with Crippen LogP contribution in [0.2, 0.25) is 0 Å². The molecule has 9 N–H and O–H groups in total. The van der Waals surface area contributed by atoms with Crippen molar-refractivity contribution >= 4 is 71.8 Å². The van der Waals surface area contributed by atoms with Crippen molar-refractivity contribution in [1.82, 2.24) is 25.3 Å². The number of amides is 2. The zero-order valence-electron chi connectivity index (χ0n) is 45.7. The number of nitrogens with two attached hydrogens (primary N) is 1. The fourth-order valence-corrected chi connectivity index (χ4v) is 11.9. The van der Waals surface area contributed by atoms with E-state index in [1.807, 2.05) is 140 Å². The first-order valence-corrected chi connectivity index (χ1v) is 30.5. The SMILES string of the molecule is C.CS(=O)(=O)NC(N)=NCCc1ccccc1.CS(=O)(=O)c1[nH]c2ccccc2c1CC(NC(=O)OCC1c2ccccc2-c2ccccc21)C(=O)O.O=C(NC(Cc1c[nH]c2ccccc12)C(=O)O)OCC1c2ccccc2-c2ccccc21. The van der Waals surface area contributed by atoms with Gasteiger partial charge in [-0.2, -0.15) is 0 Å². The van der Waals surface area contributed by atoms with Crippen LogP contribution in [-0.4, -0.2) is 111 Å². The number of fused-ring (bicyclic) bond motifs is 8. The zero-order chi connectivity index (χ0) is 59.5. The molecule has 2 aliphatic carbocycles. The number of alkyl carbamates (subject to hydrolysis) is 2. The van der Waals surface area contributed by atoms with Gasteiger partial charge in [0.25, 0.3) is 0 Å². The quantitative estimate of drug-likeness (QED) is 0.0311. The van der Waals surface area contributed by atoms with Gasteiger partial charge in [-0.3, -0.25) is 9.71 Å². The molecule has 85 heavy (non-hydrogen) atoms. The third-order valence-corrected chi connectivity index (χ3v) is 16.0. The number of guanidine groups is 1. The number of carbonyl (C=O) groups is 4. The number of para-hydroxylation sites is 2. The number of aliphatic imine (C=N–C) groups is 1. The number of carboxylic acids is 2. The topological polar surface area (TPSA) is 302 Å². The molecule has 2 unspecified atom stereocenters. The molecule has 2 atom stereocenters. The summed E-state index contributed by atoms with van der Waals surface area (Å²) in [6.45, 7) is 0.630. The summed E-state index contributed by atoms with van der Waals surface area (Å²) < 4.78 is 59.4. The number of aromatic amines is 2. The molecule has 7 aromatic carbocycles. The molecule has 0 saturated heterocycles. The molecule has 0 spiro atoms. The summed E-state index contributed by atoms with van der Waals surface area (Å²) in [5, 5.41) is 25.8. The molecule has 2 aromatic heterocycles. The van der Waals surface area contributed by atoms with E-state index in [0.29, 0.717) is 23.0 Å². The van der Waals surface area contributed by atoms with Crippen molar-refractivity contribution in [3.05, 3.63) is 221 Å². The van der Waals surface area contributed by atoms with Crippen LogP contribution < -0.4 is 21.1 Å². The third-order valence-electron chi connectivity index (χ3n) is 14.3. The van der Waals surface area contributed by atoms with Crippen LogP contribution in [0, 0.1) is 0 Å². The Kier molecular flexibility index (Phi) is 19.6. The highest BCUT2D eigenvalue weighted by molar-refractivity contribution is 7.90. The van der Waals surface area contributed by atoms with E-state index in [-0.39, 0.29) is 56.3 Å². The van der Waals surface area contributed by atoms with Gasteiger partial charge < -0.3 is 46.0 Å². The molecule has 0 saturated carbocycles. The number of aromatic nitrogens is 2. The maximum atomic E-state index is 12.7. The lowest BCUT2D eigenvalue weighted by Crippen LogP contribution is -2.43. The number of sulfone groups is 1. The lowest BCUT2D eigenvalue weighted by Gasteiger charge is -2.18. The van der Waals surface area contributed by atoms with Crippen LogP contribution in [0.25, 0.3) is 44.1 Å². The van der Waals surface area contributed by atoms with E-state index in [1.54, 1.807) is 30.5 Å². The summed E-state index contributed by atoms with van der Waals surface area (Å²) >= 11 is 0. The molecule has 2 heterocycles. The van der Waals surface area contributed by atoms with Crippen LogP contribution in [0.15, 0.2) is 192 Å². The van der Waals surface area contributed by atoms with Crippen molar-refractivity contribution in [3.8, 4) is 22.3 Å². The average Bonchev–Trinajstić information content (AvgIpc) is 2.04. The Morgan fingerprint density at radius 3 is 1.47 bits per heavy atom. The molecule has 0 aliphatic heterocycles. The number of nitrogens with one attached hydrogen (secondary N) is 5. The van der Waals surface area contributed by atoms with Crippen LogP contribution in [0.4, 0.5) is 9.59 Å². The maximum absolute atomic E-state index is 12.7. The molecule has 2 aliphatic rings. The van der Waals surface area contributed by atoms with Crippen molar-refractivity contribution < 1.29 is 55.7 Å². The minimum atomic E-state index is -3.67. The van der Waals surface area contributed by atoms with Gasteiger partial charge in [-0.1, -0.05) is 171 Å². The molecule has 19 nitrogen and oxygen atoms in total. The Labute approximate surface area is 492 Å². The van der Waals surface area contributed by atoms with Crippen LogP contribution in [-0.2, 0) is 58.2 Å². The summed E-state index contributed by atoms with van der Waals surface area (Å²) in [5.41, 5.74) is 17.9. The van der Waals surface area contributed by atoms with Gasteiger partial charge in [0.15, 0.2) is 9.84 Å². The van der Waals surface area contributed by atoms with Crippen molar-refractivity contribution in [1.29, 1.82) is 0 Å². The molecule has 440 valence electrons. The van der Waals surface area contributed by atoms with Gasteiger partial charge in [0, 0.05) is 65.5 Å². The van der Waals surface area contributed by atoms with Gasteiger partial charge in [0.2, 0.25) is 16.0 Å². The number of H-pyrrole nitrogens is 2. The number of rotatable bonds is 17. The molecule has 9 aromatic rings. The molecule has 11 rings (SSSR count). The second kappa shape index (κ2) is 27.1. The fraction of sp³-hybridized carbons (Fsp3) is 0.203. The fourth-order valence-electron chi connectivity index (χ4n) is 10.6. The van der Waals surface area contributed by atoms with E-state index in [1.165, 1.54) is 0 Å². The largest absolute Gasteiger partial charge is 0.480 e. The summed E-state index contributed by atoms with van der Waals surface area (Å²) in [6, 6.07) is 53.8. The number of hydrogen-bond donors (Lipinski definition) is 8. The molecule has 0 bridgehead atoms. The number of hydrogen-bond acceptors (Lipinski definition) is 11. The van der Waals surface area contributed by atoms with E-state index in [2.05, 4.69) is 42.4 Å². The van der Waals surface area contributed by atoms with Gasteiger partial charge in [-0.05, 0) is 79.8 Å². The lowest BCUT2D eigenvalue weighted by atomic mass is 9.98. The second-order valence-corrected chi connectivity index (χ2v) is 23.8. The molecule has 0 radical (unpaired) electrons. The van der Waals surface area contributed by atoms with Crippen molar-refractivity contribution in [2.24, 2.45) is 10.7 Å². The first kappa shape index (κ1) is 61.3. The van der Waals surface area contributed by atoms with E-state index in [4.69, 9.17) is 15.2 Å². The summed E-state index contributed by atoms with van der Waals surface area (Å²) in [5.74, 6) is -2.72. The highest BCUT2D eigenvalue weighted by atomic mass is 32.2. The van der Waals surface area contributed by atoms with E-state index >= 15 is 0 Å². The van der Waals surface area contributed by atoms with Gasteiger partial charge >= 0.3 is 24.1 Å². The number of aliphatic carboxylic acids is 2. The molecular weight excluding hydrogens is 1120 g/mol. The zero-order valence-corrected chi connectivity index (χ0v) is 47.3. The Morgan fingerprint density at radius 1 is 0.576 bits per heavy atom. The maximum Gasteiger partial charge on any atom is 0.407 e. The molecule has 2 amide bonds. The minimum Gasteiger partial charge on any atom is -0.480 e. The second-order valence-electron chi connectivity index (χ2n) is 20.1. The van der Waals surface area contributed by atoms with Gasteiger partial charge in [-0.15, -0.1) is 0 Å². The highest BCUT2D eigenvalue weighted by Crippen LogP contribution is 2.46. The van der Waals surface area contributed by atoms with Crippen molar-refractivity contribution in [2.75, 3.05) is 32.3 Å². The smallest absolute Gasteiger partial charge is 0.407 e. The summed E-state index contributed by atoms with van der Waals surface area (Å²) in [4.78, 5) is 58.9. The van der Waals surface area contributed by atoms with E-state index in [9.17, 15) is 46.2 Å². The molecule has 0 fully saturated rings. The van der Waals surface area contributed by atoms with Crippen LogP contribution in [0.1, 0.15) is 58.2 Å². The third kappa shape index (κ3) is 15.1.